The predicted octanol–water partition coefficient (Wildman–Crippen LogP) is 2.25. The molecule has 0 bridgehead atoms. The minimum absolute atomic E-state index is 0.0275. The lowest BCUT2D eigenvalue weighted by Crippen LogP contribution is -2.36. The van der Waals surface area contributed by atoms with Crippen molar-refractivity contribution in [2.75, 3.05) is 13.7 Å². The van der Waals surface area contributed by atoms with Crippen molar-refractivity contribution in [1.82, 2.24) is 5.32 Å². The lowest BCUT2D eigenvalue weighted by molar-refractivity contribution is -0.125. The molecule has 0 heterocycles. The summed E-state index contributed by atoms with van der Waals surface area (Å²) in [4.78, 5) is 12.1. The van der Waals surface area contributed by atoms with Crippen LogP contribution in [0.5, 0.6) is 5.75 Å². The molecule has 0 saturated heterocycles. The maximum Gasteiger partial charge on any atom is 0.224 e. The summed E-state index contributed by atoms with van der Waals surface area (Å²) in [5.41, 5.74) is 6.67. The Balaban J connectivity index is 2.67. The van der Waals surface area contributed by atoms with Crippen LogP contribution in [-0.2, 0) is 4.79 Å². The van der Waals surface area contributed by atoms with Crippen molar-refractivity contribution >= 4 is 5.91 Å². The van der Waals surface area contributed by atoms with Crippen LogP contribution in [0.1, 0.15) is 38.3 Å². The number of carbonyl (C=O) groups is 1. The second kappa shape index (κ2) is 7.79. The monoisotopic (exact) mass is 264 g/mol. The van der Waals surface area contributed by atoms with E-state index in [1.54, 1.807) is 7.11 Å². The van der Waals surface area contributed by atoms with Gasteiger partial charge in [-0.15, -0.1) is 0 Å². The first-order valence-corrected chi connectivity index (χ1v) is 6.76. The molecule has 0 saturated carbocycles. The normalized spacial score (nSPS) is 13.7. The molecule has 1 unspecified atom stereocenters. The smallest absolute Gasteiger partial charge is 0.224 e. The van der Waals surface area contributed by atoms with Gasteiger partial charge in [0.2, 0.25) is 5.91 Å². The van der Waals surface area contributed by atoms with Crippen LogP contribution in [0.3, 0.4) is 0 Å². The molecule has 0 aliphatic rings. The summed E-state index contributed by atoms with van der Waals surface area (Å²) in [5, 5.41) is 3.01. The number of ether oxygens (including phenoxy) is 1. The molecule has 0 spiro atoms. The van der Waals surface area contributed by atoms with Gasteiger partial charge >= 0.3 is 0 Å². The average Bonchev–Trinajstić information content (AvgIpc) is 2.44. The SMILES string of the molecule is CCCC(CN)C(=O)N[C@@H](C)c1cccc(OC)c1. The van der Waals surface area contributed by atoms with Crippen molar-refractivity contribution in [3.8, 4) is 5.75 Å². The molecule has 0 aliphatic carbocycles. The number of nitrogens with two attached hydrogens (primary N) is 1. The topological polar surface area (TPSA) is 64.4 Å². The lowest BCUT2D eigenvalue weighted by atomic mass is 10.0. The minimum Gasteiger partial charge on any atom is -0.497 e. The lowest BCUT2D eigenvalue weighted by Gasteiger charge is -2.19. The van der Waals surface area contributed by atoms with Crippen molar-refractivity contribution in [1.29, 1.82) is 0 Å². The molecule has 2 atom stereocenters. The minimum atomic E-state index is -0.0990. The van der Waals surface area contributed by atoms with Gasteiger partial charge in [-0.3, -0.25) is 4.79 Å². The Bertz CT molecular complexity index is 407. The molecule has 0 radical (unpaired) electrons. The summed E-state index contributed by atoms with van der Waals surface area (Å²) in [6, 6.07) is 7.67. The van der Waals surface area contributed by atoms with Crippen LogP contribution in [0.4, 0.5) is 0 Å². The highest BCUT2D eigenvalue weighted by atomic mass is 16.5. The molecule has 19 heavy (non-hydrogen) atoms. The van der Waals surface area contributed by atoms with Gasteiger partial charge in [0.25, 0.3) is 0 Å². The fraction of sp³-hybridized carbons (Fsp3) is 0.533. The Labute approximate surface area is 115 Å². The van der Waals surface area contributed by atoms with Crippen LogP contribution < -0.4 is 15.8 Å². The second-order valence-corrected chi connectivity index (χ2v) is 4.73. The Morgan fingerprint density at radius 2 is 2.21 bits per heavy atom. The molecule has 0 aromatic heterocycles. The van der Waals surface area contributed by atoms with Crippen LogP contribution in [0.25, 0.3) is 0 Å². The number of methoxy groups -OCH3 is 1. The Hall–Kier alpha value is -1.55. The Morgan fingerprint density at radius 1 is 1.47 bits per heavy atom. The first-order chi connectivity index (χ1) is 9.12. The number of nitrogens with one attached hydrogen (secondary N) is 1. The number of amides is 1. The van der Waals surface area contributed by atoms with Gasteiger partial charge in [-0.25, -0.2) is 0 Å². The van der Waals surface area contributed by atoms with Crippen LogP contribution in [0.2, 0.25) is 0 Å². The molecule has 1 rings (SSSR count). The van der Waals surface area contributed by atoms with Crippen molar-refractivity contribution in [2.45, 2.75) is 32.7 Å². The molecule has 106 valence electrons. The van der Waals surface area contributed by atoms with Gasteiger partial charge in [-0.05, 0) is 31.0 Å². The van der Waals surface area contributed by atoms with Crippen molar-refractivity contribution < 1.29 is 9.53 Å². The molecule has 1 amide bonds. The van der Waals surface area contributed by atoms with E-state index in [4.69, 9.17) is 10.5 Å². The van der Waals surface area contributed by atoms with Crippen LogP contribution in [0, 0.1) is 5.92 Å². The molecule has 4 nitrogen and oxygen atoms in total. The van der Waals surface area contributed by atoms with E-state index in [0.717, 1.165) is 24.2 Å². The maximum absolute atomic E-state index is 12.1. The third-order valence-corrected chi connectivity index (χ3v) is 3.25. The highest BCUT2D eigenvalue weighted by Gasteiger charge is 2.18. The third kappa shape index (κ3) is 4.56. The van der Waals surface area contributed by atoms with Crippen molar-refractivity contribution in [3.63, 3.8) is 0 Å². The Kier molecular flexibility index (Phi) is 6.36. The summed E-state index contributed by atoms with van der Waals surface area (Å²) in [5.74, 6) is 0.722. The van der Waals surface area contributed by atoms with Crippen molar-refractivity contribution in [3.05, 3.63) is 29.8 Å². The van der Waals surface area contributed by atoms with E-state index in [1.807, 2.05) is 31.2 Å². The molecule has 1 aromatic carbocycles. The molecular formula is C15H24N2O2. The van der Waals surface area contributed by atoms with E-state index >= 15 is 0 Å². The van der Waals surface area contributed by atoms with Gasteiger partial charge in [0.15, 0.2) is 0 Å². The van der Waals surface area contributed by atoms with Gasteiger partial charge in [0.1, 0.15) is 5.75 Å². The average molecular weight is 264 g/mol. The highest BCUT2D eigenvalue weighted by Crippen LogP contribution is 2.19. The van der Waals surface area contributed by atoms with Gasteiger partial charge in [0.05, 0.1) is 19.1 Å². The predicted molar refractivity (Wildman–Crippen MR) is 77.0 cm³/mol. The Morgan fingerprint density at radius 3 is 2.79 bits per heavy atom. The number of rotatable bonds is 7. The van der Waals surface area contributed by atoms with E-state index in [-0.39, 0.29) is 17.9 Å². The first kappa shape index (κ1) is 15.5. The van der Waals surface area contributed by atoms with Gasteiger partial charge in [-0.1, -0.05) is 25.5 Å². The second-order valence-electron chi connectivity index (χ2n) is 4.73. The van der Waals surface area contributed by atoms with Crippen molar-refractivity contribution in [2.24, 2.45) is 11.7 Å². The maximum atomic E-state index is 12.1. The number of hydrogen-bond donors (Lipinski definition) is 2. The number of benzene rings is 1. The third-order valence-electron chi connectivity index (χ3n) is 3.25. The zero-order valence-electron chi connectivity index (χ0n) is 12.0. The molecule has 1 aromatic rings. The number of hydrogen-bond acceptors (Lipinski definition) is 3. The van der Waals surface area contributed by atoms with Gasteiger partial charge in [0, 0.05) is 6.54 Å². The summed E-state index contributed by atoms with van der Waals surface area (Å²) in [7, 11) is 1.63. The van der Waals surface area contributed by atoms with Gasteiger partial charge < -0.3 is 15.8 Å². The summed E-state index contributed by atoms with van der Waals surface area (Å²) < 4.78 is 5.18. The van der Waals surface area contributed by atoms with Crippen LogP contribution in [0.15, 0.2) is 24.3 Å². The molecular weight excluding hydrogens is 240 g/mol. The van der Waals surface area contributed by atoms with E-state index in [2.05, 4.69) is 12.2 Å². The quantitative estimate of drug-likeness (QED) is 0.794. The van der Waals surface area contributed by atoms with E-state index in [9.17, 15) is 4.79 Å². The number of carbonyl (C=O) groups excluding carboxylic acids is 1. The van der Waals surface area contributed by atoms with Gasteiger partial charge in [-0.2, -0.15) is 0 Å². The fourth-order valence-electron chi connectivity index (χ4n) is 2.03. The van der Waals surface area contributed by atoms with Crippen LogP contribution >= 0.6 is 0 Å². The fourth-order valence-corrected chi connectivity index (χ4v) is 2.03. The molecule has 3 N–H and O–H groups in total. The largest absolute Gasteiger partial charge is 0.497 e. The summed E-state index contributed by atoms with van der Waals surface area (Å²) in [6.07, 6.45) is 1.79. The molecule has 4 heteroatoms. The zero-order chi connectivity index (χ0) is 14.3. The molecule has 0 fully saturated rings. The van der Waals surface area contributed by atoms with E-state index < -0.39 is 0 Å². The summed E-state index contributed by atoms with van der Waals surface area (Å²) in [6.45, 7) is 4.41. The van der Waals surface area contributed by atoms with E-state index in [1.165, 1.54) is 0 Å². The van der Waals surface area contributed by atoms with E-state index in [0.29, 0.717) is 6.54 Å². The molecule has 0 aliphatic heterocycles. The van der Waals surface area contributed by atoms with Crippen LogP contribution in [-0.4, -0.2) is 19.6 Å². The first-order valence-electron chi connectivity index (χ1n) is 6.76. The standard InChI is InChI=1S/C15H24N2O2/c1-4-6-13(10-16)15(18)17-11(2)12-7-5-8-14(9-12)19-3/h5,7-9,11,13H,4,6,10,16H2,1-3H3,(H,17,18)/t11-,13?/m0/s1. The highest BCUT2D eigenvalue weighted by molar-refractivity contribution is 5.79. The summed E-state index contributed by atoms with van der Waals surface area (Å²) >= 11 is 0. The zero-order valence-corrected chi connectivity index (χ0v) is 12.0.